The molecule has 2 heterocycles. The first-order valence-corrected chi connectivity index (χ1v) is 8.73. The number of amides is 1. The van der Waals surface area contributed by atoms with Crippen molar-refractivity contribution < 1.29 is 18.8 Å². The van der Waals surface area contributed by atoms with Crippen LogP contribution in [0.2, 0.25) is 5.82 Å². The maximum atomic E-state index is 12.0. The van der Waals surface area contributed by atoms with Gasteiger partial charge in [0.2, 0.25) is 0 Å². The molecule has 6 heteroatoms. The minimum atomic E-state index is -0.424. The van der Waals surface area contributed by atoms with Gasteiger partial charge in [-0.15, -0.1) is 0 Å². The summed E-state index contributed by atoms with van der Waals surface area (Å²) < 4.78 is 17.7. The van der Waals surface area contributed by atoms with Crippen molar-refractivity contribution in [1.82, 2.24) is 4.90 Å². The summed E-state index contributed by atoms with van der Waals surface area (Å²) in [7, 11) is -0.0967. The molecule has 2 unspecified atom stereocenters. The molecule has 0 bridgehead atoms. The molecule has 0 N–H and O–H groups in total. The first-order valence-electron chi connectivity index (χ1n) is 8.73. The molecule has 1 saturated carbocycles. The molecule has 5 nitrogen and oxygen atoms in total. The van der Waals surface area contributed by atoms with Gasteiger partial charge in [0.1, 0.15) is 5.60 Å². The number of hydrogen-bond acceptors (Lipinski definition) is 4. The zero-order valence-corrected chi connectivity index (χ0v) is 15.5. The summed E-state index contributed by atoms with van der Waals surface area (Å²) in [4.78, 5) is 13.8. The average Bonchev–Trinajstić information content (AvgIpc) is 2.97. The molecule has 3 rings (SSSR count). The lowest BCUT2D eigenvalue weighted by atomic mass is 9.77. The Morgan fingerprint density at radius 1 is 1.13 bits per heavy atom. The van der Waals surface area contributed by atoms with Crippen LogP contribution in [0.25, 0.3) is 0 Å². The fourth-order valence-electron chi connectivity index (χ4n) is 3.41. The number of carbonyl (C=O) groups is 1. The number of ether oxygens (including phenoxy) is 1. The van der Waals surface area contributed by atoms with Crippen LogP contribution in [0.15, 0.2) is 0 Å². The van der Waals surface area contributed by atoms with Gasteiger partial charge in [-0.05, 0) is 72.5 Å². The van der Waals surface area contributed by atoms with Gasteiger partial charge < -0.3 is 18.9 Å². The van der Waals surface area contributed by atoms with E-state index >= 15 is 0 Å². The Balaban J connectivity index is 1.46. The number of carbonyl (C=O) groups excluding carboxylic acids is 1. The molecule has 1 aliphatic carbocycles. The van der Waals surface area contributed by atoms with E-state index in [9.17, 15) is 4.79 Å². The van der Waals surface area contributed by atoms with Crippen molar-refractivity contribution in [2.24, 2.45) is 11.8 Å². The maximum absolute atomic E-state index is 12.0. The Morgan fingerprint density at radius 3 is 2.13 bits per heavy atom. The lowest BCUT2D eigenvalue weighted by Gasteiger charge is -2.40. The van der Waals surface area contributed by atoms with Crippen LogP contribution < -0.4 is 0 Å². The van der Waals surface area contributed by atoms with E-state index in [1.54, 1.807) is 4.90 Å². The predicted molar refractivity (Wildman–Crippen MR) is 89.2 cm³/mol. The van der Waals surface area contributed by atoms with Crippen LogP contribution in [0, 0.1) is 11.8 Å². The third kappa shape index (κ3) is 3.25. The van der Waals surface area contributed by atoms with E-state index in [2.05, 4.69) is 27.7 Å². The van der Waals surface area contributed by atoms with Gasteiger partial charge >= 0.3 is 13.2 Å². The van der Waals surface area contributed by atoms with Crippen molar-refractivity contribution in [2.75, 3.05) is 13.1 Å². The molecule has 1 amide bonds. The number of hydrogen-bond donors (Lipinski definition) is 0. The van der Waals surface area contributed by atoms with Gasteiger partial charge in [0.25, 0.3) is 0 Å². The zero-order chi connectivity index (χ0) is 17.2. The largest absolute Gasteiger partial charge is 0.461 e. The monoisotopic (exact) mass is 323 g/mol. The molecule has 2 aliphatic heterocycles. The highest BCUT2D eigenvalue weighted by Crippen LogP contribution is 2.57. The summed E-state index contributed by atoms with van der Waals surface area (Å²) in [6.07, 6.45) is 0.950. The number of nitrogens with zero attached hydrogens (tertiary/aromatic N) is 1. The molecular formula is C17H30BNO4. The molecular weight excluding hydrogens is 293 g/mol. The predicted octanol–water partition coefficient (Wildman–Crippen LogP) is 3.34. The van der Waals surface area contributed by atoms with Gasteiger partial charge in [0, 0.05) is 13.1 Å². The van der Waals surface area contributed by atoms with Crippen molar-refractivity contribution >= 4 is 13.2 Å². The van der Waals surface area contributed by atoms with Crippen molar-refractivity contribution in [2.45, 2.75) is 77.5 Å². The summed E-state index contributed by atoms with van der Waals surface area (Å²) in [5.74, 6) is 1.65. The Hall–Kier alpha value is -0.745. The topological polar surface area (TPSA) is 48.0 Å². The molecule has 0 radical (unpaired) electrons. The average molecular weight is 323 g/mol. The van der Waals surface area contributed by atoms with Gasteiger partial charge in [0.15, 0.2) is 0 Å². The van der Waals surface area contributed by atoms with Gasteiger partial charge in [-0.25, -0.2) is 4.79 Å². The van der Waals surface area contributed by atoms with Gasteiger partial charge in [-0.2, -0.15) is 0 Å². The van der Waals surface area contributed by atoms with Gasteiger partial charge in [-0.1, -0.05) is 0 Å². The van der Waals surface area contributed by atoms with Gasteiger partial charge in [-0.3, -0.25) is 0 Å². The summed E-state index contributed by atoms with van der Waals surface area (Å²) in [6.45, 7) is 15.7. The second-order valence-corrected chi connectivity index (χ2v) is 9.33. The molecule has 0 aromatic rings. The highest BCUT2D eigenvalue weighted by atomic mass is 16.7. The standard InChI is InChI=1S/C17H30BNO4/c1-15(2,3)21-14(20)19-9-11(10-19)12-8-13(12)18-22-16(4,5)17(6,7)23-18/h11-13H,8-10H2,1-7H3. The Labute approximate surface area is 140 Å². The lowest BCUT2D eigenvalue weighted by Crippen LogP contribution is -2.52. The van der Waals surface area contributed by atoms with E-state index in [1.807, 2.05) is 20.8 Å². The van der Waals surface area contributed by atoms with Crippen molar-refractivity contribution in [3.8, 4) is 0 Å². The first kappa shape index (κ1) is 17.1. The molecule has 3 aliphatic rings. The van der Waals surface area contributed by atoms with Crippen LogP contribution in [-0.4, -0.2) is 48.0 Å². The van der Waals surface area contributed by atoms with E-state index in [0.29, 0.717) is 17.7 Å². The first-order chi connectivity index (χ1) is 10.4. The fourth-order valence-corrected chi connectivity index (χ4v) is 3.41. The summed E-state index contributed by atoms with van der Waals surface area (Å²) in [5.41, 5.74) is -0.938. The molecule has 0 aromatic heterocycles. The van der Waals surface area contributed by atoms with Crippen LogP contribution in [0.3, 0.4) is 0 Å². The summed E-state index contributed by atoms with van der Waals surface area (Å²) >= 11 is 0. The van der Waals surface area contributed by atoms with Crippen LogP contribution in [0.4, 0.5) is 4.79 Å². The minimum Gasteiger partial charge on any atom is -0.444 e. The van der Waals surface area contributed by atoms with Crippen molar-refractivity contribution in [3.63, 3.8) is 0 Å². The lowest BCUT2D eigenvalue weighted by molar-refractivity contribution is -0.00427. The Morgan fingerprint density at radius 2 is 1.65 bits per heavy atom. The molecule has 0 aromatic carbocycles. The van der Waals surface area contributed by atoms with E-state index in [1.165, 1.54) is 0 Å². The highest BCUT2D eigenvalue weighted by Gasteiger charge is 2.62. The highest BCUT2D eigenvalue weighted by molar-refractivity contribution is 6.48. The van der Waals surface area contributed by atoms with E-state index < -0.39 is 5.60 Å². The molecule has 130 valence electrons. The molecule has 2 saturated heterocycles. The van der Waals surface area contributed by atoms with Crippen LogP contribution in [0.1, 0.15) is 54.9 Å². The second-order valence-electron chi connectivity index (χ2n) is 9.33. The van der Waals surface area contributed by atoms with E-state index in [4.69, 9.17) is 14.0 Å². The van der Waals surface area contributed by atoms with Crippen LogP contribution >= 0.6 is 0 Å². The third-order valence-corrected chi connectivity index (χ3v) is 5.68. The van der Waals surface area contributed by atoms with Crippen molar-refractivity contribution in [1.29, 1.82) is 0 Å². The van der Waals surface area contributed by atoms with E-state index in [-0.39, 0.29) is 24.4 Å². The second kappa shape index (κ2) is 5.12. The maximum Gasteiger partial charge on any atom is 0.461 e. The van der Waals surface area contributed by atoms with Crippen molar-refractivity contribution in [3.05, 3.63) is 0 Å². The third-order valence-electron chi connectivity index (χ3n) is 5.68. The zero-order valence-electron chi connectivity index (χ0n) is 15.5. The van der Waals surface area contributed by atoms with Crippen LogP contribution in [-0.2, 0) is 14.0 Å². The molecule has 3 fully saturated rings. The van der Waals surface area contributed by atoms with Crippen LogP contribution in [0.5, 0.6) is 0 Å². The summed E-state index contributed by atoms with van der Waals surface area (Å²) in [5, 5.41) is 0. The molecule has 2 atom stereocenters. The molecule has 23 heavy (non-hydrogen) atoms. The Bertz CT molecular complexity index is 477. The fraction of sp³-hybridized carbons (Fsp3) is 0.941. The molecule has 0 spiro atoms. The number of likely N-dealkylation sites (tertiary alicyclic amines) is 1. The summed E-state index contributed by atoms with van der Waals surface area (Å²) in [6, 6.07) is 0. The minimum absolute atomic E-state index is 0.0967. The number of rotatable bonds is 2. The normalized spacial score (nSPS) is 32.7. The smallest absolute Gasteiger partial charge is 0.444 e. The SMILES string of the molecule is CC(C)(C)OC(=O)N1CC(C2CC2B2OC(C)(C)C(C)(C)O2)C1. The van der Waals surface area contributed by atoms with Gasteiger partial charge in [0.05, 0.1) is 11.2 Å². The quantitative estimate of drug-likeness (QED) is 0.731. The Kier molecular flexibility index (Phi) is 3.81. The van der Waals surface area contributed by atoms with E-state index in [0.717, 1.165) is 19.5 Å².